The van der Waals surface area contributed by atoms with Gasteiger partial charge in [0.2, 0.25) is 0 Å². The standard InChI is InChI=1S/C15H19BrClN3/c1-15(2,3)8-12-13(16)14(18)20(19-12)9-10-4-6-11(17)7-5-10/h4-7H,8-9,18H2,1-3H3. The van der Waals surface area contributed by atoms with Crippen LogP contribution in [0.2, 0.25) is 5.02 Å². The molecule has 2 N–H and O–H groups in total. The highest BCUT2D eigenvalue weighted by atomic mass is 79.9. The number of nitrogen functional groups attached to an aromatic ring is 1. The summed E-state index contributed by atoms with van der Waals surface area (Å²) in [6, 6.07) is 7.73. The van der Waals surface area contributed by atoms with Crippen LogP contribution in [0.3, 0.4) is 0 Å². The number of anilines is 1. The average Bonchev–Trinajstić information content (AvgIpc) is 2.59. The molecule has 20 heavy (non-hydrogen) atoms. The van der Waals surface area contributed by atoms with Crippen molar-refractivity contribution in [3.63, 3.8) is 0 Å². The van der Waals surface area contributed by atoms with Gasteiger partial charge in [0.15, 0.2) is 0 Å². The van der Waals surface area contributed by atoms with Crippen LogP contribution in [0.4, 0.5) is 5.82 Å². The molecule has 0 atom stereocenters. The lowest BCUT2D eigenvalue weighted by atomic mass is 9.91. The summed E-state index contributed by atoms with van der Waals surface area (Å²) in [7, 11) is 0. The summed E-state index contributed by atoms with van der Waals surface area (Å²) < 4.78 is 2.73. The van der Waals surface area contributed by atoms with E-state index in [1.165, 1.54) is 0 Å². The van der Waals surface area contributed by atoms with Crippen LogP contribution in [0.1, 0.15) is 32.0 Å². The number of rotatable bonds is 3. The smallest absolute Gasteiger partial charge is 0.136 e. The number of hydrogen-bond donors (Lipinski definition) is 1. The van der Waals surface area contributed by atoms with Gasteiger partial charge in [-0.2, -0.15) is 5.10 Å². The lowest BCUT2D eigenvalue weighted by molar-refractivity contribution is 0.403. The number of hydrogen-bond acceptors (Lipinski definition) is 2. The third-order valence-electron chi connectivity index (χ3n) is 2.94. The predicted octanol–water partition coefficient (Wildman–Crippen LogP) is 4.52. The largest absolute Gasteiger partial charge is 0.383 e. The van der Waals surface area contributed by atoms with E-state index in [9.17, 15) is 0 Å². The normalized spacial score (nSPS) is 11.8. The summed E-state index contributed by atoms with van der Waals surface area (Å²) in [6.45, 7) is 7.21. The van der Waals surface area contributed by atoms with E-state index in [4.69, 9.17) is 17.3 Å². The number of aromatic nitrogens is 2. The SMILES string of the molecule is CC(C)(C)Cc1nn(Cc2ccc(Cl)cc2)c(N)c1Br. The topological polar surface area (TPSA) is 43.8 Å². The molecule has 2 rings (SSSR count). The van der Waals surface area contributed by atoms with Crippen molar-refractivity contribution < 1.29 is 0 Å². The molecule has 1 aromatic heterocycles. The third-order valence-corrected chi connectivity index (χ3v) is 4.06. The predicted molar refractivity (Wildman–Crippen MR) is 88.1 cm³/mol. The molecule has 0 aliphatic heterocycles. The molecule has 3 nitrogen and oxygen atoms in total. The van der Waals surface area contributed by atoms with E-state index in [2.05, 4.69) is 41.8 Å². The number of halogens is 2. The fourth-order valence-corrected chi connectivity index (χ4v) is 2.55. The number of nitrogens with zero attached hydrogens (tertiary/aromatic N) is 2. The van der Waals surface area contributed by atoms with Gasteiger partial charge in [-0.15, -0.1) is 0 Å². The Kier molecular flexibility index (Phi) is 4.45. The summed E-state index contributed by atoms with van der Waals surface area (Å²) in [5.74, 6) is 0.666. The zero-order valence-electron chi connectivity index (χ0n) is 12.0. The minimum atomic E-state index is 0.175. The Labute approximate surface area is 133 Å². The van der Waals surface area contributed by atoms with Gasteiger partial charge in [0.1, 0.15) is 5.82 Å². The van der Waals surface area contributed by atoms with E-state index < -0.39 is 0 Å². The summed E-state index contributed by atoms with van der Waals surface area (Å²) in [4.78, 5) is 0. The first-order valence-corrected chi connectivity index (χ1v) is 7.68. The lowest BCUT2D eigenvalue weighted by Gasteiger charge is -2.16. The first-order valence-electron chi connectivity index (χ1n) is 6.51. The van der Waals surface area contributed by atoms with Gasteiger partial charge >= 0.3 is 0 Å². The van der Waals surface area contributed by atoms with Crippen molar-refractivity contribution in [1.82, 2.24) is 9.78 Å². The van der Waals surface area contributed by atoms with Crippen LogP contribution in [0.15, 0.2) is 28.7 Å². The summed E-state index contributed by atoms with van der Waals surface area (Å²) in [5, 5.41) is 5.36. The second-order valence-electron chi connectivity index (χ2n) is 6.17. The van der Waals surface area contributed by atoms with Crippen LogP contribution in [0.25, 0.3) is 0 Å². The molecule has 1 aromatic carbocycles. The lowest BCUT2D eigenvalue weighted by Crippen LogP contribution is -2.11. The van der Waals surface area contributed by atoms with E-state index in [1.54, 1.807) is 0 Å². The van der Waals surface area contributed by atoms with Crippen molar-refractivity contribution in [2.45, 2.75) is 33.7 Å². The Bertz CT molecular complexity index is 597. The quantitative estimate of drug-likeness (QED) is 0.878. The molecule has 2 aromatic rings. The first-order chi connectivity index (χ1) is 9.26. The maximum atomic E-state index is 6.13. The van der Waals surface area contributed by atoms with Crippen molar-refractivity contribution in [3.05, 3.63) is 45.0 Å². The molecule has 0 bridgehead atoms. The third kappa shape index (κ3) is 3.76. The van der Waals surface area contributed by atoms with Gasteiger partial charge in [0, 0.05) is 5.02 Å². The van der Waals surface area contributed by atoms with Crippen LogP contribution in [0.5, 0.6) is 0 Å². The Morgan fingerprint density at radius 2 is 1.85 bits per heavy atom. The molecule has 0 aliphatic rings. The fraction of sp³-hybridized carbons (Fsp3) is 0.400. The van der Waals surface area contributed by atoms with E-state index >= 15 is 0 Å². The zero-order chi connectivity index (χ0) is 14.9. The highest BCUT2D eigenvalue weighted by Crippen LogP contribution is 2.30. The minimum absolute atomic E-state index is 0.175. The molecular formula is C15H19BrClN3. The van der Waals surface area contributed by atoms with Crippen molar-refractivity contribution in [2.75, 3.05) is 5.73 Å². The Balaban J connectivity index is 2.24. The van der Waals surface area contributed by atoms with E-state index in [0.29, 0.717) is 12.4 Å². The fourth-order valence-electron chi connectivity index (χ4n) is 2.00. The molecule has 0 spiro atoms. The molecule has 0 saturated carbocycles. The Hall–Kier alpha value is -1.00. The molecule has 0 saturated heterocycles. The van der Waals surface area contributed by atoms with Gasteiger partial charge < -0.3 is 5.73 Å². The van der Waals surface area contributed by atoms with Crippen LogP contribution in [0, 0.1) is 5.41 Å². The maximum absolute atomic E-state index is 6.13. The second-order valence-corrected chi connectivity index (χ2v) is 7.40. The minimum Gasteiger partial charge on any atom is -0.383 e. The van der Waals surface area contributed by atoms with Crippen molar-refractivity contribution >= 4 is 33.3 Å². The summed E-state index contributed by atoms with van der Waals surface area (Å²) in [6.07, 6.45) is 0.880. The second kappa shape index (κ2) is 5.78. The molecule has 108 valence electrons. The van der Waals surface area contributed by atoms with E-state index in [-0.39, 0.29) is 5.41 Å². The molecule has 0 unspecified atom stereocenters. The molecule has 0 radical (unpaired) electrons. The van der Waals surface area contributed by atoms with Gasteiger partial charge in [0.05, 0.1) is 16.7 Å². The van der Waals surface area contributed by atoms with Gasteiger partial charge in [-0.25, -0.2) is 4.68 Å². The highest BCUT2D eigenvalue weighted by molar-refractivity contribution is 9.10. The average molecular weight is 357 g/mol. The molecule has 0 fully saturated rings. The van der Waals surface area contributed by atoms with E-state index in [1.807, 2.05) is 28.9 Å². The van der Waals surface area contributed by atoms with E-state index in [0.717, 1.165) is 27.2 Å². The van der Waals surface area contributed by atoms with Crippen LogP contribution < -0.4 is 5.73 Å². The van der Waals surface area contributed by atoms with Crippen molar-refractivity contribution in [1.29, 1.82) is 0 Å². The Morgan fingerprint density at radius 1 is 1.25 bits per heavy atom. The summed E-state index contributed by atoms with van der Waals surface area (Å²) >= 11 is 9.44. The zero-order valence-corrected chi connectivity index (χ0v) is 14.3. The maximum Gasteiger partial charge on any atom is 0.136 e. The van der Waals surface area contributed by atoms with Crippen LogP contribution in [-0.4, -0.2) is 9.78 Å². The van der Waals surface area contributed by atoms with Crippen molar-refractivity contribution in [3.8, 4) is 0 Å². The monoisotopic (exact) mass is 355 g/mol. The van der Waals surface area contributed by atoms with Crippen LogP contribution >= 0.6 is 27.5 Å². The van der Waals surface area contributed by atoms with Gasteiger partial charge in [0.25, 0.3) is 0 Å². The molecule has 1 heterocycles. The molecule has 5 heteroatoms. The molecule has 0 aliphatic carbocycles. The van der Waals surface area contributed by atoms with Gasteiger partial charge in [-0.3, -0.25) is 0 Å². The number of benzene rings is 1. The van der Waals surface area contributed by atoms with Crippen LogP contribution in [-0.2, 0) is 13.0 Å². The molecule has 0 amide bonds. The molecular weight excluding hydrogens is 338 g/mol. The number of nitrogens with two attached hydrogens (primary N) is 1. The van der Waals surface area contributed by atoms with Gasteiger partial charge in [-0.1, -0.05) is 44.5 Å². The summed E-state index contributed by atoms with van der Waals surface area (Å²) in [5.41, 5.74) is 8.43. The first kappa shape index (κ1) is 15.4. The highest BCUT2D eigenvalue weighted by Gasteiger charge is 2.19. The van der Waals surface area contributed by atoms with Crippen molar-refractivity contribution in [2.24, 2.45) is 5.41 Å². The van der Waals surface area contributed by atoms with Gasteiger partial charge in [-0.05, 0) is 45.5 Å². The Morgan fingerprint density at radius 3 is 2.40 bits per heavy atom.